The highest BCUT2D eigenvalue weighted by atomic mass is 32.1. The molecular weight excluding hydrogens is 369 g/mol. The molecule has 140 valence electrons. The Kier molecular flexibility index (Phi) is 5.91. The van der Waals surface area contributed by atoms with E-state index < -0.39 is 12.3 Å². The number of carbonyl (C=O) groups excluding carboxylic acids is 1. The number of hydrogen-bond acceptors (Lipinski definition) is 6. The third-order valence-corrected chi connectivity index (χ3v) is 3.93. The first kappa shape index (κ1) is 19.8. The van der Waals surface area contributed by atoms with Crippen molar-refractivity contribution in [2.45, 2.75) is 33.7 Å². The van der Waals surface area contributed by atoms with E-state index in [1.807, 2.05) is 0 Å². The van der Waals surface area contributed by atoms with Gasteiger partial charge in [0.05, 0.1) is 10.6 Å². The summed E-state index contributed by atoms with van der Waals surface area (Å²) in [5, 5.41) is 3.45. The van der Waals surface area contributed by atoms with Crippen molar-refractivity contribution in [3.8, 4) is 17.0 Å². The minimum Gasteiger partial charge on any atom is -0.460 e. The lowest BCUT2D eigenvalue weighted by molar-refractivity contribution is -0.274. The van der Waals surface area contributed by atoms with Crippen LogP contribution in [0.15, 0.2) is 30.5 Å². The summed E-state index contributed by atoms with van der Waals surface area (Å²) in [6.07, 6.45) is -4.79. The number of hydrogen-bond donors (Lipinski definition) is 1. The lowest BCUT2D eigenvalue weighted by Gasteiger charge is -2.11. The molecule has 0 amide bonds. The highest BCUT2D eigenvalue weighted by Crippen LogP contribution is 2.35. The Morgan fingerprint density at radius 3 is 2.58 bits per heavy atom. The van der Waals surface area contributed by atoms with Crippen LogP contribution >= 0.6 is 11.3 Å². The van der Waals surface area contributed by atoms with Gasteiger partial charge in [0, 0.05) is 18.2 Å². The number of carbonyl (C=O) groups is 1. The van der Waals surface area contributed by atoms with E-state index in [0.29, 0.717) is 32.5 Å². The van der Waals surface area contributed by atoms with Gasteiger partial charge in [-0.3, -0.25) is 4.79 Å². The van der Waals surface area contributed by atoms with Crippen molar-refractivity contribution < 1.29 is 27.4 Å². The normalized spacial score (nSPS) is 11.2. The predicted molar refractivity (Wildman–Crippen MR) is 92.9 cm³/mol. The molecule has 1 heterocycles. The average molecular weight is 386 g/mol. The summed E-state index contributed by atoms with van der Waals surface area (Å²) in [4.78, 5) is 16.1. The Morgan fingerprint density at radius 2 is 2.00 bits per heavy atom. The number of allylic oxidation sites excluding steroid dienone is 1. The van der Waals surface area contributed by atoms with Crippen LogP contribution in [0.3, 0.4) is 0 Å². The van der Waals surface area contributed by atoms with E-state index in [2.05, 4.69) is 21.6 Å². The number of rotatable bonds is 6. The van der Waals surface area contributed by atoms with Gasteiger partial charge in [0.25, 0.3) is 0 Å². The number of aryl methyl sites for hydroxylation is 1. The molecule has 0 bridgehead atoms. The molecule has 0 aliphatic carbocycles. The second kappa shape index (κ2) is 7.77. The second-order valence-corrected chi connectivity index (χ2v) is 6.64. The van der Waals surface area contributed by atoms with Crippen molar-refractivity contribution in [2.24, 2.45) is 0 Å². The van der Waals surface area contributed by atoms with E-state index in [4.69, 9.17) is 4.74 Å². The van der Waals surface area contributed by atoms with Gasteiger partial charge in [0.15, 0.2) is 5.13 Å². The van der Waals surface area contributed by atoms with Gasteiger partial charge in [-0.15, -0.1) is 13.2 Å². The zero-order valence-corrected chi connectivity index (χ0v) is 15.2. The molecule has 0 radical (unpaired) electrons. The van der Waals surface area contributed by atoms with Gasteiger partial charge in [0.2, 0.25) is 0 Å². The van der Waals surface area contributed by atoms with Crippen molar-refractivity contribution in [1.82, 2.24) is 4.98 Å². The van der Waals surface area contributed by atoms with Crippen molar-refractivity contribution >= 4 is 22.4 Å². The lowest BCUT2D eigenvalue weighted by atomic mass is 10.1. The first-order chi connectivity index (χ1) is 12.0. The quantitative estimate of drug-likeness (QED) is 0.706. The molecule has 1 aromatic carbocycles. The van der Waals surface area contributed by atoms with Crippen LogP contribution < -0.4 is 10.1 Å². The number of nitrogens with zero attached hydrogens (tertiary/aromatic N) is 1. The fourth-order valence-corrected chi connectivity index (χ4v) is 3.13. The van der Waals surface area contributed by atoms with Gasteiger partial charge in [-0.1, -0.05) is 17.9 Å². The van der Waals surface area contributed by atoms with Crippen LogP contribution in [0.4, 0.5) is 18.3 Å². The fourth-order valence-electron chi connectivity index (χ4n) is 2.16. The van der Waals surface area contributed by atoms with Crippen LogP contribution in [-0.4, -0.2) is 17.3 Å². The van der Waals surface area contributed by atoms with Gasteiger partial charge >= 0.3 is 12.3 Å². The van der Waals surface area contributed by atoms with E-state index >= 15 is 0 Å². The number of aromatic nitrogens is 1. The number of nitrogens with one attached hydrogen (secondary N) is 1. The number of esters is 1. The second-order valence-electron chi connectivity index (χ2n) is 5.56. The molecule has 0 aliphatic heterocycles. The third kappa shape index (κ3) is 5.76. The van der Waals surface area contributed by atoms with Gasteiger partial charge in [-0.05, 0) is 37.6 Å². The molecule has 0 saturated heterocycles. The molecule has 2 rings (SSSR count). The Hall–Kier alpha value is -2.55. The maximum Gasteiger partial charge on any atom is 0.573 e. The highest BCUT2D eigenvalue weighted by molar-refractivity contribution is 7.16. The summed E-state index contributed by atoms with van der Waals surface area (Å²) in [6, 6.07) is 4.21. The monoisotopic (exact) mass is 386 g/mol. The summed E-state index contributed by atoms with van der Waals surface area (Å²) < 4.78 is 46.6. The molecular formula is C17H17F3N2O3S. The Labute approximate surface area is 152 Å². The smallest absolute Gasteiger partial charge is 0.460 e. The Bertz CT molecular complexity index is 831. The average Bonchev–Trinajstić information content (AvgIpc) is 2.84. The molecule has 5 nitrogen and oxygen atoms in total. The van der Waals surface area contributed by atoms with Gasteiger partial charge in [-0.25, -0.2) is 4.98 Å². The van der Waals surface area contributed by atoms with E-state index in [9.17, 15) is 18.0 Å². The van der Waals surface area contributed by atoms with Gasteiger partial charge in [0.1, 0.15) is 12.4 Å². The van der Waals surface area contributed by atoms with Crippen LogP contribution in [0, 0.1) is 6.92 Å². The molecule has 26 heavy (non-hydrogen) atoms. The molecule has 0 aliphatic rings. The maximum absolute atomic E-state index is 12.5. The molecule has 0 spiro atoms. The van der Waals surface area contributed by atoms with E-state index in [0.717, 1.165) is 0 Å². The fraction of sp³-hybridized carbons (Fsp3) is 0.294. The zero-order valence-electron chi connectivity index (χ0n) is 14.4. The van der Waals surface area contributed by atoms with Crippen molar-refractivity contribution in [1.29, 1.82) is 0 Å². The molecule has 1 aromatic heterocycles. The largest absolute Gasteiger partial charge is 0.573 e. The lowest BCUT2D eigenvalue weighted by Crippen LogP contribution is -2.17. The maximum atomic E-state index is 12.5. The SMILES string of the molecule is C=C(C)Nc1nc(-c2cc(C)cc(OC(F)(F)F)c2)c(COC(C)=O)s1. The van der Waals surface area contributed by atoms with Crippen molar-refractivity contribution in [3.63, 3.8) is 0 Å². The number of halogens is 3. The molecule has 0 atom stereocenters. The highest BCUT2D eigenvalue weighted by Gasteiger charge is 2.31. The Morgan fingerprint density at radius 1 is 1.31 bits per heavy atom. The summed E-state index contributed by atoms with van der Waals surface area (Å²) in [6.45, 7) is 8.36. The van der Waals surface area contributed by atoms with Crippen molar-refractivity contribution in [2.75, 3.05) is 5.32 Å². The molecule has 2 aromatic rings. The predicted octanol–water partition coefficient (Wildman–Crippen LogP) is 5.03. The van der Waals surface area contributed by atoms with Gasteiger partial charge in [-0.2, -0.15) is 0 Å². The first-order valence-electron chi connectivity index (χ1n) is 7.47. The van der Waals surface area contributed by atoms with E-state index in [-0.39, 0.29) is 12.4 Å². The van der Waals surface area contributed by atoms with Crippen LogP contribution in [0.5, 0.6) is 5.75 Å². The first-order valence-corrected chi connectivity index (χ1v) is 8.28. The molecule has 0 unspecified atom stereocenters. The number of anilines is 1. The minimum atomic E-state index is -4.79. The van der Waals surface area contributed by atoms with Crippen LogP contribution in [0.2, 0.25) is 0 Å². The van der Waals surface area contributed by atoms with Crippen LogP contribution in [0.1, 0.15) is 24.3 Å². The summed E-state index contributed by atoms with van der Waals surface area (Å²) in [7, 11) is 0. The van der Waals surface area contributed by atoms with E-state index in [1.54, 1.807) is 19.9 Å². The number of alkyl halides is 3. The number of ether oxygens (including phenoxy) is 2. The van der Waals surface area contributed by atoms with E-state index in [1.165, 1.54) is 30.4 Å². The number of benzene rings is 1. The zero-order chi connectivity index (χ0) is 19.5. The standard InChI is InChI=1S/C17H17F3N2O3S/c1-9(2)21-16-22-15(14(26-16)8-24-11(4)23)12-5-10(3)6-13(7-12)25-17(18,19)20/h5-7H,1,8H2,2-4H3,(H,21,22). The third-order valence-electron chi connectivity index (χ3n) is 2.98. The van der Waals surface area contributed by atoms with Crippen LogP contribution in [0.25, 0.3) is 11.3 Å². The number of thiazole rings is 1. The molecule has 0 fully saturated rings. The summed E-state index contributed by atoms with van der Waals surface area (Å²) in [5.74, 6) is -0.808. The molecule has 0 saturated carbocycles. The molecule has 9 heteroatoms. The summed E-state index contributed by atoms with van der Waals surface area (Å²) in [5.41, 5.74) is 2.06. The van der Waals surface area contributed by atoms with Crippen molar-refractivity contribution in [3.05, 3.63) is 40.9 Å². The van der Waals surface area contributed by atoms with Gasteiger partial charge < -0.3 is 14.8 Å². The van der Waals surface area contributed by atoms with Crippen LogP contribution in [-0.2, 0) is 16.1 Å². The Balaban J connectivity index is 2.46. The molecule has 1 N–H and O–H groups in total. The minimum absolute atomic E-state index is 0.0381. The summed E-state index contributed by atoms with van der Waals surface area (Å²) >= 11 is 1.23. The topological polar surface area (TPSA) is 60.5 Å².